The van der Waals surface area contributed by atoms with Crippen LogP contribution in [0, 0.1) is 19.7 Å². The molecule has 1 atom stereocenters. The molecule has 156 valence electrons. The van der Waals surface area contributed by atoms with Crippen LogP contribution in [0.25, 0.3) is 5.78 Å². The molecule has 0 aliphatic rings. The number of fused-ring (bicyclic) bond motifs is 1. The standard InChI is InChI=1S/C18H19F4N5O2/c1-9-7-14(27-16(23-9)24-10(2)26-27)25-15(17(3,4)28)11-5-6-13(12(19)8-11)29-18(20,21)22/h5-8,15,25,28H,1-4H3/t15-/m1/s1. The van der Waals surface area contributed by atoms with Gasteiger partial charge in [0.05, 0.1) is 11.6 Å². The van der Waals surface area contributed by atoms with Crippen LogP contribution in [0.2, 0.25) is 0 Å². The highest BCUT2D eigenvalue weighted by atomic mass is 19.4. The molecule has 2 N–H and O–H groups in total. The van der Waals surface area contributed by atoms with Gasteiger partial charge in [0.25, 0.3) is 5.78 Å². The van der Waals surface area contributed by atoms with E-state index < -0.39 is 29.6 Å². The average molecular weight is 413 g/mol. The molecule has 0 fully saturated rings. The van der Waals surface area contributed by atoms with Crippen molar-refractivity contribution in [1.82, 2.24) is 19.6 Å². The number of alkyl halides is 3. The first-order valence-electron chi connectivity index (χ1n) is 8.58. The molecule has 3 aromatic rings. The molecule has 0 bridgehead atoms. The molecular formula is C18H19F4N5O2. The first-order valence-corrected chi connectivity index (χ1v) is 8.58. The van der Waals surface area contributed by atoms with E-state index in [0.29, 0.717) is 23.1 Å². The number of benzene rings is 1. The maximum atomic E-state index is 14.2. The van der Waals surface area contributed by atoms with Crippen molar-refractivity contribution >= 4 is 11.6 Å². The maximum absolute atomic E-state index is 14.2. The lowest BCUT2D eigenvalue weighted by Gasteiger charge is -2.31. The number of aromatic nitrogens is 4. The summed E-state index contributed by atoms with van der Waals surface area (Å²) in [4.78, 5) is 8.45. The average Bonchev–Trinajstić information content (AvgIpc) is 2.92. The SMILES string of the molecule is Cc1cc(N[C@H](c2ccc(OC(F)(F)F)c(F)c2)C(C)(C)O)n2nc(C)nc2n1. The summed E-state index contributed by atoms with van der Waals surface area (Å²) in [6.07, 6.45) is -5.01. The summed E-state index contributed by atoms with van der Waals surface area (Å²) in [5.74, 6) is -0.921. The summed E-state index contributed by atoms with van der Waals surface area (Å²) in [5.41, 5.74) is -0.580. The largest absolute Gasteiger partial charge is 0.573 e. The van der Waals surface area contributed by atoms with Crippen LogP contribution in [0.1, 0.15) is 37.0 Å². The van der Waals surface area contributed by atoms with Crippen molar-refractivity contribution in [2.45, 2.75) is 45.7 Å². The monoisotopic (exact) mass is 413 g/mol. The predicted octanol–water partition coefficient (Wildman–Crippen LogP) is 3.70. The minimum Gasteiger partial charge on any atom is -0.403 e. The first kappa shape index (κ1) is 20.8. The van der Waals surface area contributed by atoms with Crippen molar-refractivity contribution in [2.24, 2.45) is 0 Å². The maximum Gasteiger partial charge on any atom is 0.573 e. The van der Waals surface area contributed by atoms with Crippen molar-refractivity contribution in [3.8, 4) is 5.75 Å². The Hall–Kier alpha value is -2.95. The summed E-state index contributed by atoms with van der Waals surface area (Å²) in [7, 11) is 0. The van der Waals surface area contributed by atoms with Gasteiger partial charge in [-0.3, -0.25) is 0 Å². The molecule has 0 radical (unpaired) electrons. The molecular weight excluding hydrogens is 394 g/mol. The van der Waals surface area contributed by atoms with Crippen LogP contribution in [0.15, 0.2) is 24.3 Å². The van der Waals surface area contributed by atoms with E-state index in [1.165, 1.54) is 24.4 Å². The van der Waals surface area contributed by atoms with E-state index in [-0.39, 0.29) is 5.56 Å². The third-order valence-corrected chi connectivity index (χ3v) is 4.06. The number of halogens is 4. The van der Waals surface area contributed by atoms with Gasteiger partial charge in [-0.25, -0.2) is 9.37 Å². The molecule has 11 heteroatoms. The van der Waals surface area contributed by atoms with Crippen LogP contribution in [-0.4, -0.2) is 36.7 Å². The molecule has 7 nitrogen and oxygen atoms in total. The smallest absolute Gasteiger partial charge is 0.403 e. The van der Waals surface area contributed by atoms with Gasteiger partial charge >= 0.3 is 6.36 Å². The Balaban J connectivity index is 2.02. The van der Waals surface area contributed by atoms with E-state index in [2.05, 4.69) is 25.1 Å². The van der Waals surface area contributed by atoms with Gasteiger partial charge in [0.1, 0.15) is 11.6 Å². The molecule has 0 saturated heterocycles. The van der Waals surface area contributed by atoms with Crippen LogP contribution in [-0.2, 0) is 0 Å². The highest BCUT2D eigenvalue weighted by Crippen LogP contribution is 2.33. The summed E-state index contributed by atoms with van der Waals surface area (Å²) in [6, 6.07) is 3.76. The number of hydrogen-bond acceptors (Lipinski definition) is 6. The van der Waals surface area contributed by atoms with Crippen LogP contribution < -0.4 is 10.1 Å². The number of aryl methyl sites for hydroxylation is 2. The fraction of sp³-hybridized carbons (Fsp3) is 0.389. The molecule has 2 heterocycles. The number of hydrogen-bond donors (Lipinski definition) is 2. The highest BCUT2D eigenvalue weighted by molar-refractivity contribution is 5.48. The van der Waals surface area contributed by atoms with Gasteiger partial charge in [-0.1, -0.05) is 6.07 Å². The van der Waals surface area contributed by atoms with Gasteiger partial charge in [0.2, 0.25) is 0 Å². The Morgan fingerprint density at radius 3 is 2.41 bits per heavy atom. The van der Waals surface area contributed by atoms with Gasteiger partial charge in [-0.2, -0.15) is 9.50 Å². The molecule has 29 heavy (non-hydrogen) atoms. The normalized spacial score (nSPS) is 13.6. The molecule has 0 aliphatic carbocycles. The van der Waals surface area contributed by atoms with E-state index in [0.717, 1.165) is 12.1 Å². The summed E-state index contributed by atoms with van der Waals surface area (Å²) >= 11 is 0. The lowest BCUT2D eigenvalue weighted by Crippen LogP contribution is -2.35. The zero-order valence-corrected chi connectivity index (χ0v) is 16.0. The van der Waals surface area contributed by atoms with Crippen LogP contribution in [0.4, 0.5) is 23.4 Å². The van der Waals surface area contributed by atoms with Crippen molar-refractivity contribution in [3.63, 3.8) is 0 Å². The third-order valence-electron chi connectivity index (χ3n) is 4.06. The van der Waals surface area contributed by atoms with E-state index in [9.17, 15) is 22.7 Å². The third kappa shape index (κ3) is 4.73. The molecule has 1 aromatic carbocycles. The summed E-state index contributed by atoms with van der Waals surface area (Å²) in [5, 5.41) is 17.9. The van der Waals surface area contributed by atoms with Crippen molar-refractivity contribution in [2.75, 3.05) is 5.32 Å². The minimum atomic E-state index is -5.01. The Morgan fingerprint density at radius 1 is 1.14 bits per heavy atom. The Morgan fingerprint density at radius 2 is 1.83 bits per heavy atom. The predicted molar refractivity (Wildman–Crippen MR) is 96.0 cm³/mol. The van der Waals surface area contributed by atoms with Crippen LogP contribution in [0.5, 0.6) is 5.75 Å². The Labute approximate surface area is 163 Å². The number of nitrogens with one attached hydrogen (secondary N) is 1. The first-order chi connectivity index (χ1) is 13.3. The molecule has 0 spiro atoms. The quantitative estimate of drug-likeness (QED) is 0.621. The number of ether oxygens (including phenoxy) is 1. The number of rotatable bonds is 5. The summed E-state index contributed by atoms with van der Waals surface area (Å²) < 4.78 is 56.5. The zero-order chi connectivity index (χ0) is 21.6. The van der Waals surface area contributed by atoms with Gasteiger partial charge in [0.15, 0.2) is 11.6 Å². The van der Waals surface area contributed by atoms with Gasteiger partial charge in [-0.05, 0) is 45.4 Å². The zero-order valence-electron chi connectivity index (χ0n) is 16.0. The number of anilines is 1. The highest BCUT2D eigenvalue weighted by Gasteiger charge is 2.34. The van der Waals surface area contributed by atoms with Crippen molar-refractivity contribution < 1.29 is 27.4 Å². The second-order valence-electron chi connectivity index (χ2n) is 7.12. The second kappa shape index (κ2) is 7.14. The van der Waals surface area contributed by atoms with Crippen LogP contribution in [0.3, 0.4) is 0 Å². The topological polar surface area (TPSA) is 84.6 Å². The van der Waals surface area contributed by atoms with Crippen molar-refractivity contribution in [3.05, 3.63) is 47.2 Å². The fourth-order valence-corrected chi connectivity index (χ4v) is 2.91. The van der Waals surface area contributed by atoms with Gasteiger partial charge in [0, 0.05) is 11.8 Å². The molecule has 2 aromatic heterocycles. The van der Waals surface area contributed by atoms with E-state index >= 15 is 0 Å². The minimum absolute atomic E-state index is 0.212. The van der Waals surface area contributed by atoms with E-state index in [1.54, 1.807) is 19.9 Å². The fourth-order valence-electron chi connectivity index (χ4n) is 2.91. The molecule has 0 unspecified atom stereocenters. The van der Waals surface area contributed by atoms with E-state index in [4.69, 9.17) is 0 Å². The molecule has 0 saturated carbocycles. The molecule has 0 aliphatic heterocycles. The van der Waals surface area contributed by atoms with Crippen molar-refractivity contribution in [1.29, 1.82) is 0 Å². The Bertz CT molecular complexity index is 1040. The van der Waals surface area contributed by atoms with Crippen LogP contribution >= 0.6 is 0 Å². The lowest BCUT2D eigenvalue weighted by atomic mass is 9.91. The Kier molecular flexibility index (Phi) is 5.11. The second-order valence-corrected chi connectivity index (χ2v) is 7.12. The lowest BCUT2D eigenvalue weighted by molar-refractivity contribution is -0.275. The van der Waals surface area contributed by atoms with Gasteiger partial charge in [-0.15, -0.1) is 18.3 Å². The van der Waals surface area contributed by atoms with Gasteiger partial charge < -0.3 is 15.2 Å². The molecule has 3 rings (SSSR count). The summed E-state index contributed by atoms with van der Waals surface area (Å²) in [6.45, 7) is 6.41. The number of aliphatic hydroxyl groups is 1. The number of nitrogens with zero attached hydrogens (tertiary/aromatic N) is 4. The van der Waals surface area contributed by atoms with E-state index in [1.807, 2.05) is 0 Å². The molecule has 0 amide bonds.